The predicted octanol–water partition coefficient (Wildman–Crippen LogP) is 1.20. The van der Waals surface area contributed by atoms with E-state index < -0.39 is 23.8 Å². The van der Waals surface area contributed by atoms with Crippen molar-refractivity contribution in [3.63, 3.8) is 0 Å². The molecular weight excluding hydrogens is 344 g/mol. The highest BCUT2D eigenvalue weighted by molar-refractivity contribution is 5.96. The lowest BCUT2D eigenvalue weighted by molar-refractivity contribution is -0.162. The van der Waals surface area contributed by atoms with Crippen LogP contribution >= 0.6 is 0 Å². The molecule has 0 aliphatic carbocycles. The van der Waals surface area contributed by atoms with Gasteiger partial charge in [-0.3, -0.25) is 0 Å². The van der Waals surface area contributed by atoms with Crippen LogP contribution in [-0.4, -0.2) is 43.6 Å². The molecule has 0 spiro atoms. The summed E-state index contributed by atoms with van der Waals surface area (Å²) in [6, 6.07) is 7.61. The molecule has 1 unspecified atom stereocenters. The van der Waals surface area contributed by atoms with Crippen LogP contribution in [0.5, 0.6) is 23.0 Å². The molecule has 1 atom stereocenters. The Hall–Kier alpha value is -3.52. The monoisotopic (exact) mass is 360 g/mol. The van der Waals surface area contributed by atoms with E-state index in [1.165, 1.54) is 42.5 Å². The quantitative estimate of drug-likeness (QED) is 0.231. The van der Waals surface area contributed by atoms with Gasteiger partial charge in [-0.05, 0) is 41.5 Å². The molecule has 8 heteroatoms. The minimum atomic E-state index is -1.64. The fourth-order valence-electron chi connectivity index (χ4n) is 2.01. The summed E-state index contributed by atoms with van der Waals surface area (Å²) in [5.74, 6) is -3.64. The van der Waals surface area contributed by atoms with E-state index in [2.05, 4.69) is 4.74 Å². The summed E-state index contributed by atoms with van der Waals surface area (Å²) in [5.41, 5.74) is 0.733. The van der Waals surface area contributed by atoms with Crippen LogP contribution in [0, 0.1) is 0 Å². The minimum Gasteiger partial charge on any atom is -0.504 e. The number of hydrogen-bond donors (Lipinski definition) is 5. The molecule has 136 valence electrons. The average molecular weight is 360 g/mol. The summed E-state index contributed by atoms with van der Waals surface area (Å²) < 4.78 is 4.48. The van der Waals surface area contributed by atoms with Gasteiger partial charge < -0.3 is 30.3 Å². The van der Waals surface area contributed by atoms with Crippen LogP contribution in [0.4, 0.5) is 0 Å². The van der Waals surface area contributed by atoms with Gasteiger partial charge in [0.05, 0.1) is 0 Å². The van der Waals surface area contributed by atoms with E-state index in [9.17, 15) is 35.1 Å². The molecule has 0 aromatic heterocycles. The smallest absolute Gasteiger partial charge is 0.343 e. The van der Waals surface area contributed by atoms with Gasteiger partial charge in [0, 0.05) is 12.5 Å². The van der Waals surface area contributed by atoms with Crippen LogP contribution in [0.3, 0.4) is 0 Å². The molecule has 2 aromatic carbocycles. The molecule has 0 aliphatic rings. The summed E-state index contributed by atoms with van der Waals surface area (Å²) in [6.45, 7) is 0. The zero-order valence-corrected chi connectivity index (χ0v) is 13.4. The number of aromatic hydroxyl groups is 4. The van der Waals surface area contributed by atoms with Crippen LogP contribution in [0.1, 0.15) is 11.1 Å². The van der Waals surface area contributed by atoms with Gasteiger partial charge in [0.2, 0.25) is 0 Å². The third-order valence-corrected chi connectivity index (χ3v) is 3.35. The lowest BCUT2D eigenvalue weighted by Gasteiger charge is -2.09. The predicted molar refractivity (Wildman–Crippen MR) is 89.4 cm³/mol. The maximum atomic E-state index is 11.7. The van der Waals surface area contributed by atoms with Gasteiger partial charge >= 0.3 is 11.9 Å². The molecule has 5 N–H and O–H groups in total. The molecule has 0 aliphatic heterocycles. The molecule has 0 radical (unpaired) electrons. The Labute approximate surface area is 147 Å². The van der Waals surface area contributed by atoms with Gasteiger partial charge in [0.25, 0.3) is 0 Å². The summed E-state index contributed by atoms with van der Waals surface area (Å²) in [4.78, 5) is 23.3. The van der Waals surface area contributed by atoms with Gasteiger partial charge in [-0.15, -0.1) is 0 Å². The second-order valence-electron chi connectivity index (χ2n) is 5.36. The number of hydrogen-bond acceptors (Lipinski definition) is 8. The molecule has 2 aromatic rings. The number of carbonyl (C=O) groups excluding carboxylic acids is 2. The normalized spacial score (nSPS) is 12.0. The van der Waals surface area contributed by atoms with Gasteiger partial charge in [0.15, 0.2) is 29.1 Å². The van der Waals surface area contributed by atoms with Crippen molar-refractivity contribution in [3.8, 4) is 23.0 Å². The topological polar surface area (TPSA) is 145 Å². The Bertz CT molecular complexity index is 856. The van der Waals surface area contributed by atoms with Crippen LogP contribution in [-0.2, 0) is 20.7 Å². The lowest BCUT2D eigenvalue weighted by atomic mass is 10.1. The summed E-state index contributed by atoms with van der Waals surface area (Å²) in [5, 5.41) is 46.9. The SMILES string of the molecule is O=C(C=Cc1ccc(O)c(O)c1)OC(=O)C(O)Cc1ccc(O)c(O)c1. The second-order valence-corrected chi connectivity index (χ2v) is 5.36. The molecule has 0 fully saturated rings. The van der Waals surface area contributed by atoms with E-state index in [1.807, 2.05) is 0 Å². The number of aliphatic hydroxyl groups is 1. The van der Waals surface area contributed by atoms with Crippen molar-refractivity contribution < 1.29 is 39.9 Å². The average Bonchev–Trinajstić information content (AvgIpc) is 2.59. The number of benzene rings is 2. The van der Waals surface area contributed by atoms with E-state index in [0.29, 0.717) is 11.1 Å². The highest BCUT2D eigenvalue weighted by atomic mass is 16.6. The number of phenols is 4. The Balaban J connectivity index is 1.92. The summed E-state index contributed by atoms with van der Waals surface area (Å²) >= 11 is 0. The zero-order valence-electron chi connectivity index (χ0n) is 13.4. The number of ether oxygens (including phenoxy) is 1. The first-order chi connectivity index (χ1) is 12.3. The standard InChI is InChI=1S/C18H16O8/c19-12-4-1-10(7-14(12)21)3-6-17(24)26-18(25)16(23)9-11-2-5-13(20)15(22)8-11/h1-8,16,19-23H,9H2. The fraction of sp³-hybridized carbons (Fsp3) is 0.111. The number of aliphatic hydroxyl groups excluding tert-OH is 1. The van der Waals surface area contributed by atoms with E-state index in [0.717, 1.165) is 6.08 Å². The van der Waals surface area contributed by atoms with Gasteiger partial charge in [-0.25, -0.2) is 9.59 Å². The molecule has 0 amide bonds. The third kappa shape index (κ3) is 4.99. The van der Waals surface area contributed by atoms with Crippen LogP contribution in [0.2, 0.25) is 0 Å². The third-order valence-electron chi connectivity index (χ3n) is 3.35. The molecule has 8 nitrogen and oxygen atoms in total. The zero-order chi connectivity index (χ0) is 19.3. The van der Waals surface area contributed by atoms with Crippen molar-refractivity contribution in [3.05, 3.63) is 53.6 Å². The van der Waals surface area contributed by atoms with Crippen LogP contribution in [0.25, 0.3) is 6.08 Å². The Morgan fingerprint density at radius 1 is 0.923 bits per heavy atom. The van der Waals surface area contributed by atoms with E-state index >= 15 is 0 Å². The van der Waals surface area contributed by atoms with Crippen molar-refractivity contribution in [1.29, 1.82) is 0 Å². The number of rotatable bonds is 5. The number of carbonyl (C=O) groups is 2. The van der Waals surface area contributed by atoms with Crippen molar-refractivity contribution in [2.75, 3.05) is 0 Å². The van der Waals surface area contributed by atoms with Crippen molar-refractivity contribution in [1.82, 2.24) is 0 Å². The highest BCUT2D eigenvalue weighted by Crippen LogP contribution is 2.26. The Morgan fingerprint density at radius 2 is 1.54 bits per heavy atom. The van der Waals surface area contributed by atoms with Gasteiger partial charge in [-0.1, -0.05) is 12.1 Å². The van der Waals surface area contributed by atoms with Crippen LogP contribution < -0.4 is 0 Å². The van der Waals surface area contributed by atoms with Crippen LogP contribution in [0.15, 0.2) is 42.5 Å². The second kappa shape index (κ2) is 8.04. The van der Waals surface area contributed by atoms with Crippen molar-refractivity contribution in [2.45, 2.75) is 12.5 Å². The molecule has 0 saturated carbocycles. The van der Waals surface area contributed by atoms with Crippen molar-refractivity contribution >= 4 is 18.0 Å². The number of phenolic OH excluding ortho intramolecular Hbond substituents is 4. The van der Waals surface area contributed by atoms with Gasteiger partial charge in [-0.2, -0.15) is 0 Å². The molecule has 2 rings (SSSR count). The van der Waals surface area contributed by atoms with Gasteiger partial charge in [0.1, 0.15) is 0 Å². The largest absolute Gasteiger partial charge is 0.504 e. The Morgan fingerprint density at radius 3 is 2.15 bits per heavy atom. The highest BCUT2D eigenvalue weighted by Gasteiger charge is 2.20. The van der Waals surface area contributed by atoms with E-state index in [1.54, 1.807) is 0 Å². The fourth-order valence-corrected chi connectivity index (χ4v) is 2.01. The Kier molecular flexibility index (Phi) is 5.82. The maximum Gasteiger partial charge on any atom is 0.343 e. The first kappa shape index (κ1) is 18.8. The first-order valence-corrected chi connectivity index (χ1v) is 7.41. The van der Waals surface area contributed by atoms with E-state index in [4.69, 9.17) is 0 Å². The molecule has 0 saturated heterocycles. The molecular formula is C18H16O8. The molecule has 0 heterocycles. The summed E-state index contributed by atoms with van der Waals surface area (Å²) in [6.07, 6.45) is 0.298. The van der Waals surface area contributed by atoms with Crippen molar-refractivity contribution in [2.24, 2.45) is 0 Å². The van der Waals surface area contributed by atoms with E-state index in [-0.39, 0.29) is 23.7 Å². The first-order valence-electron chi connectivity index (χ1n) is 7.41. The molecule has 26 heavy (non-hydrogen) atoms. The lowest BCUT2D eigenvalue weighted by Crippen LogP contribution is -2.27. The molecule has 0 bridgehead atoms. The minimum absolute atomic E-state index is 0.227. The number of esters is 2. The summed E-state index contributed by atoms with van der Waals surface area (Å²) in [7, 11) is 0. The maximum absolute atomic E-state index is 11.7.